The number of carbonyl (C=O) groups excluding carboxylic acids is 8. The van der Waals surface area contributed by atoms with Crippen molar-refractivity contribution in [3.63, 3.8) is 0 Å². The van der Waals surface area contributed by atoms with Crippen molar-refractivity contribution in [3.05, 3.63) is 257 Å². The number of hydrogen-bond donors (Lipinski definition) is 0. The number of halogens is 4. The van der Waals surface area contributed by atoms with Gasteiger partial charge in [-0.2, -0.15) is 0 Å². The minimum Gasteiger partial charge on any atom is -0.550 e. The van der Waals surface area contributed by atoms with E-state index < -0.39 is 23.9 Å². The van der Waals surface area contributed by atoms with Crippen molar-refractivity contribution >= 4 is 138 Å². The van der Waals surface area contributed by atoms with Crippen molar-refractivity contribution in [1.82, 2.24) is 18.3 Å². The summed E-state index contributed by atoms with van der Waals surface area (Å²) >= 11 is 23.5. The molecule has 2 fully saturated rings. The third-order valence-corrected chi connectivity index (χ3v) is 19.3. The standard InChI is InChI=1S/4C19H16ClNO4.2C4H8O.2Cu/c4*1-11-15(10-18(22)23)16-9-14(25-2)7-8-17(16)21(11)19(24)12-3-5-13(20)6-4-12;2*1-2-4-5-3-1;;/h4*3-9H,10H2,1-2H3,(H,22,23);2*1-4H2;;/q;;;;;;2*+2/p-4. The van der Waals surface area contributed by atoms with Crippen LogP contribution in [0.3, 0.4) is 0 Å². The first-order chi connectivity index (χ1) is 52.7. The van der Waals surface area contributed by atoms with Crippen LogP contribution in [0, 0.1) is 27.7 Å². The zero-order valence-corrected chi connectivity index (χ0v) is 66.8. The van der Waals surface area contributed by atoms with Crippen LogP contribution in [0.4, 0.5) is 0 Å². The molecule has 2 aliphatic rings. The van der Waals surface area contributed by atoms with E-state index in [0.717, 1.165) is 26.4 Å². The second kappa shape index (κ2) is 41.4. The molecule has 590 valence electrons. The largest absolute Gasteiger partial charge is 2.00 e. The molecule has 4 aromatic heterocycles. The maximum Gasteiger partial charge on any atom is 2.00 e. The van der Waals surface area contributed by atoms with Crippen LogP contribution in [0.2, 0.25) is 20.1 Å². The van der Waals surface area contributed by atoms with Gasteiger partial charge in [-0.3, -0.25) is 37.4 Å². The molecule has 2 radical (unpaired) electrons. The number of nitrogens with zero attached hydrogens (tertiary/aromatic N) is 4. The van der Waals surface area contributed by atoms with Crippen LogP contribution in [-0.2, 0) is 88.5 Å². The average Bonchev–Trinajstić information content (AvgIpc) is 1.63. The Morgan fingerprint density at radius 1 is 0.312 bits per heavy atom. The summed E-state index contributed by atoms with van der Waals surface area (Å²) in [4.78, 5) is 96.5. The van der Waals surface area contributed by atoms with Gasteiger partial charge in [0, 0.05) is 163 Å². The molecule has 12 aromatic rings. The van der Waals surface area contributed by atoms with E-state index in [1.54, 1.807) is 198 Å². The molecule has 28 heteroatoms. The van der Waals surface area contributed by atoms with Crippen LogP contribution < -0.4 is 39.4 Å². The quantitative estimate of drug-likeness (QED) is 0.0812. The van der Waals surface area contributed by atoms with Gasteiger partial charge in [-0.15, -0.1) is 0 Å². The number of benzene rings is 8. The van der Waals surface area contributed by atoms with Crippen LogP contribution in [0.5, 0.6) is 23.0 Å². The maximum atomic E-state index is 13.0. The Balaban J connectivity index is 0.000000197. The summed E-state index contributed by atoms with van der Waals surface area (Å²) < 4.78 is 36.8. The summed E-state index contributed by atoms with van der Waals surface area (Å²) in [6.07, 6.45) is 3.99. The van der Waals surface area contributed by atoms with E-state index >= 15 is 0 Å². The smallest absolute Gasteiger partial charge is 0.550 e. The van der Waals surface area contributed by atoms with Gasteiger partial charge >= 0.3 is 34.1 Å². The third-order valence-electron chi connectivity index (χ3n) is 18.3. The molecule has 22 nitrogen and oxygen atoms in total. The summed E-state index contributed by atoms with van der Waals surface area (Å²) in [6.45, 7) is 10.9. The molecule has 6 heterocycles. The molecule has 2 saturated heterocycles. The van der Waals surface area contributed by atoms with Crippen LogP contribution in [0.15, 0.2) is 170 Å². The molecule has 112 heavy (non-hydrogen) atoms. The number of hydrogen-bond acceptors (Lipinski definition) is 18. The van der Waals surface area contributed by atoms with Crippen LogP contribution in [0.25, 0.3) is 43.6 Å². The summed E-state index contributed by atoms with van der Waals surface area (Å²) in [5, 5.41) is 49.4. The maximum absolute atomic E-state index is 13.0. The van der Waals surface area contributed by atoms with E-state index in [-0.39, 0.29) is 83.4 Å². The molecule has 0 unspecified atom stereocenters. The van der Waals surface area contributed by atoms with E-state index in [0.29, 0.717) is 154 Å². The fraction of sp³-hybridized carbons (Fsp3) is 0.238. The summed E-state index contributed by atoms with van der Waals surface area (Å²) in [5.41, 5.74) is 8.72. The van der Waals surface area contributed by atoms with Crippen molar-refractivity contribution in [2.24, 2.45) is 0 Å². The Labute approximate surface area is 686 Å². The zero-order valence-electron chi connectivity index (χ0n) is 61.9. The van der Waals surface area contributed by atoms with Gasteiger partial charge in [-0.1, -0.05) is 46.4 Å². The van der Waals surface area contributed by atoms with Gasteiger partial charge in [0.2, 0.25) is 0 Å². The second-order valence-corrected chi connectivity index (χ2v) is 27.0. The van der Waals surface area contributed by atoms with Gasteiger partial charge in [-0.05, 0) is 245 Å². The van der Waals surface area contributed by atoms with Gasteiger partial charge in [0.15, 0.2) is 0 Å². The van der Waals surface area contributed by atoms with Crippen LogP contribution in [-0.4, -0.2) is 121 Å². The van der Waals surface area contributed by atoms with E-state index in [4.69, 9.17) is 74.8 Å². The third kappa shape index (κ3) is 21.7. The van der Waals surface area contributed by atoms with Crippen molar-refractivity contribution in [2.75, 3.05) is 54.9 Å². The Bertz CT molecular complexity index is 4720. The van der Waals surface area contributed by atoms with Crippen molar-refractivity contribution < 1.29 is 121 Å². The molecule has 0 amide bonds. The summed E-state index contributed by atoms with van der Waals surface area (Å²) in [6, 6.07) is 47.0. The number of carboxylic acid groups (broad SMARTS) is 4. The fourth-order valence-electron chi connectivity index (χ4n) is 12.8. The van der Waals surface area contributed by atoms with Gasteiger partial charge in [-0.25, -0.2) is 0 Å². The predicted molar refractivity (Wildman–Crippen MR) is 413 cm³/mol. The second-order valence-electron chi connectivity index (χ2n) is 25.2. The Hall–Kier alpha value is -10.2. The van der Waals surface area contributed by atoms with Gasteiger partial charge < -0.3 is 68.0 Å². The number of fused-ring (bicyclic) bond motifs is 4. The van der Waals surface area contributed by atoms with Crippen molar-refractivity contribution in [3.8, 4) is 23.0 Å². The molecule has 0 spiro atoms. The summed E-state index contributed by atoms with van der Waals surface area (Å²) in [5.74, 6) is -3.50. The van der Waals surface area contributed by atoms with Gasteiger partial charge in [0.1, 0.15) is 23.0 Å². The Morgan fingerprint density at radius 2 is 0.491 bits per heavy atom. The topological polar surface area (TPSA) is 304 Å². The average molecular weight is 1700 g/mol. The van der Waals surface area contributed by atoms with Crippen LogP contribution >= 0.6 is 46.4 Å². The van der Waals surface area contributed by atoms with E-state index in [1.807, 2.05) is 0 Å². The van der Waals surface area contributed by atoms with Crippen LogP contribution in [0.1, 0.15) is 112 Å². The Kier molecular flexibility index (Phi) is 32.9. The fourth-order valence-corrected chi connectivity index (χ4v) is 13.3. The van der Waals surface area contributed by atoms with Gasteiger partial charge in [0.05, 0.1) is 50.5 Å². The molecular weight excluding hydrogens is 1620 g/mol. The minimum absolute atomic E-state index is 0. The van der Waals surface area contributed by atoms with Gasteiger partial charge in [0.25, 0.3) is 23.6 Å². The number of carboxylic acids is 4. The number of methoxy groups -OCH3 is 4. The number of aliphatic carboxylic acids is 4. The number of rotatable bonds is 16. The molecule has 2 aliphatic heterocycles. The van der Waals surface area contributed by atoms with E-state index in [9.17, 15) is 58.8 Å². The SMILES string of the molecule is C1CCOC1.C1CCOC1.COc1ccc2c(c1)c(CC(=O)[O-])c(C)n2C(=O)c1ccc(Cl)cc1.COc1ccc2c(c1)c(CC(=O)[O-])c(C)n2C(=O)c1ccc(Cl)cc1.COc1ccc2c(c1)c(CC(=O)[O-])c(C)n2C(=O)c1ccc(Cl)cc1.COc1ccc2c(c1)c(CC(=O)[O-])c(C)n2C(=O)c1ccc(Cl)cc1.[Cu+2].[Cu+2]. The number of aromatic nitrogens is 4. The molecule has 14 rings (SSSR count). The first-order valence-corrected chi connectivity index (χ1v) is 36.1. The predicted octanol–water partition coefficient (Wildman–Crippen LogP) is 12.0. The number of carbonyl (C=O) groups is 8. The van der Waals surface area contributed by atoms with E-state index in [2.05, 4.69) is 0 Å². The molecule has 0 saturated carbocycles. The van der Waals surface area contributed by atoms with Crippen molar-refractivity contribution in [2.45, 2.75) is 79.1 Å². The number of ether oxygens (including phenoxy) is 6. The molecule has 0 aliphatic carbocycles. The molecule has 8 aromatic carbocycles. The minimum atomic E-state index is -1.20. The van der Waals surface area contributed by atoms with E-state index in [1.165, 1.54) is 72.4 Å². The first kappa shape index (κ1) is 89.0. The van der Waals surface area contributed by atoms with Crippen molar-refractivity contribution in [1.29, 1.82) is 0 Å². The molecule has 0 atom stereocenters. The molecule has 0 N–H and O–H groups in total. The first-order valence-electron chi connectivity index (χ1n) is 34.6. The zero-order chi connectivity index (χ0) is 79.6. The molecular formula is C84H76Cl4Cu2N4O18. The normalized spacial score (nSPS) is 11.8. The summed E-state index contributed by atoms with van der Waals surface area (Å²) in [7, 11) is 6.12. The molecule has 0 bridgehead atoms. The monoisotopic (exact) mass is 1690 g/mol. The Morgan fingerprint density at radius 3 is 0.634 bits per heavy atom.